The first kappa shape index (κ1) is 22.2. The molecule has 0 bridgehead atoms. The van der Waals surface area contributed by atoms with Crippen LogP contribution in [-0.4, -0.2) is 97.3 Å². The zero-order valence-electron chi connectivity index (χ0n) is 16.6. The fourth-order valence-electron chi connectivity index (χ4n) is 2.89. The summed E-state index contributed by atoms with van der Waals surface area (Å²) in [5.41, 5.74) is 0.284. The number of ether oxygens (including phenoxy) is 2. The van der Waals surface area contributed by atoms with Gasteiger partial charge in [-0.25, -0.2) is 4.98 Å². The van der Waals surface area contributed by atoms with E-state index in [1.807, 2.05) is 6.92 Å². The molecule has 1 aromatic rings. The van der Waals surface area contributed by atoms with Crippen LogP contribution in [0.25, 0.3) is 0 Å². The topological polar surface area (TPSA) is 96.9 Å². The van der Waals surface area contributed by atoms with Crippen molar-refractivity contribution in [1.82, 2.24) is 25.1 Å². The van der Waals surface area contributed by atoms with E-state index in [9.17, 15) is 9.59 Å². The third-order valence-electron chi connectivity index (χ3n) is 4.45. The maximum Gasteiger partial charge on any atom is 0.274 e. The molecule has 9 nitrogen and oxygen atoms in total. The van der Waals surface area contributed by atoms with E-state index >= 15 is 0 Å². The lowest BCUT2D eigenvalue weighted by molar-refractivity contribution is -0.121. The summed E-state index contributed by atoms with van der Waals surface area (Å²) in [6.07, 6.45) is 5.42. The molecule has 0 aliphatic carbocycles. The number of carbonyl (C=O) groups excluding carboxylic acids is 2. The van der Waals surface area contributed by atoms with Gasteiger partial charge in [0.1, 0.15) is 5.69 Å². The molecule has 1 fully saturated rings. The smallest absolute Gasteiger partial charge is 0.274 e. The van der Waals surface area contributed by atoms with Gasteiger partial charge >= 0.3 is 0 Å². The molecule has 2 rings (SSSR count). The van der Waals surface area contributed by atoms with Crippen LogP contribution in [-0.2, 0) is 14.3 Å². The summed E-state index contributed by atoms with van der Waals surface area (Å²) in [5.74, 6) is -0.277. The second-order valence-corrected chi connectivity index (χ2v) is 6.49. The first-order valence-electron chi connectivity index (χ1n) is 9.90. The number of amides is 2. The van der Waals surface area contributed by atoms with Crippen LogP contribution in [0.1, 0.15) is 30.3 Å². The monoisotopic (exact) mass is 393 g/mol. The Morgan fingerprint density at radius 1 is 1.29 bits per heavy atom. The van der Waals surface area contributed by atoms with Crippen LogP contribution in [0, 0.1) is 0 Å². The molecule has 1 N–H and O–H groups in total. The van der Waals surface area contributed by atoms with E-state index in [-0.39, 0.29) is 23.9 Å². The summed E-state index contributed by atoms with van der Waals surface area (Å²) in [6.45, 7) is 8.70. The Balaban J connectivity index is 1.76. The first-order valence-corrected chi connectivity index (χ1v) is 9.90. The van der Waals surface area contributed by atoms with Crippen molar-refractivity contribution in [2.45, 2.75) is 19.8 Å². The van der Waals surface area contributed by atoms with Crippen molar-refractivity contribution in [3.05, 3.63) is 24.3 Å². The fourth-order valence-corrected chi connectivity index (χ4v) is 2.89. The van der Waals surface area contributed by atoms with E-state index in [0.29, 0.717) is 39.3 Å². The summed E-state index contributed by atoms with van der Waals surface area (Å²) < 4.78 is 10.7. The Kier molecular flexibility index (Phi) is 10.4. The molecule has 1 aliphatic heterocycles. The molecule has 0 saturated carbocycles. The second-order valence-electron chi connectivity index (χ2n) is 6.49. The minimum Gasteiger partial charge on any atom is -0.382 e. The molecule has 1 aromatic heterocycles. The fraction of sp³-hybridized carbons (Fsp3) is 0.684. The van der Waals surface area contributed by atoms with Gasteiger partial charge in [-0.15, -0.1) is 0 Å². The maximum absolute atomic E-state index is 12.7. The zero-order chi connectivity index (χ0) is 20.0. The summed E-state index contributed by atoms with van der Waals surface area (Å²) in [7, 11) is 0. The Morgan fingerprint density at radius 2 is 2.11 bits per heavy atom. The van der Waals surface area contributed by atoms with Gasteiger partial charge in [0.05, 0.1) is 19.4 Å². The van der Waals surface area contributed by atoms with E-state index in [4.69, 9.17) is 9.47 Å². The predicted octanol–water partition coefficient (Wildman–Crippen LogP) is 0.184. The molecule has 9 heteroatoms. The van der Waals surface area contributed by atoms with Gasteiger partial charge in [-0.3, -0.25) is 19.5 Å². The van der Waals surface area contributed by atoms with E-state index in [1.165, 1.54) is 18.6 Å². The van der Waals surface area contributed by atoms with Crippen molar-refractivity contribution < 1.29 is 19.1 Å². The summed E-state index contributed by atoms with van der Waals surface area (Å²) in [6, 6.07) is 0. The molecule has 0 radical (unpaired) electrons. The standard InChI is InChI=1S/C19H31N5O4/c1-2-27-13-3-8-24(19(26)17-16-20-5-6-21-17)9-4-18(25)22-7-10-23-11-14-28-15-12-23/h5-6,16H,2-4,7-15H2,1H3,(H,22,25). The quantitative estimate of drug-likeness (QED) is 0.506. The highest BCUT2D eigenvalue weighted by molar-refractivity contribution is 5.92. The molecule has 156 valence electrons. The Bertz CT molecular complexity index is 581. The van der Waals surface area contributed by atoms with Crippen molar-refractivity contribution in [2.75, 3.05) is 65.7 Å². The van der Waals surface area contributed by atoms with Gasteiger partial charge in [0.15, 0.2) is 0 Å². The summed E-state index contributed by atoms with van der Waals surface area (Å²) in [5, 5.41) is 2.93. The highest BCUT2D eigenvalue weighted by Gasteiger charge is 2.18. The number of carbonyl (C=O) groups is 2. The van der Waals surface area contributed by atoms with Crippen LogP contribution in [0.2, 0.25) is 0 Å². The number of morpholine rings is 1. The number of nitrogens with one attached hydrogen (secondary N) is 1. The maximum atomic E-state index is 12.7. The van der Waals surface area contributed by atoms with Crippen LogP contribution >= 0.6 is 0 Å². The summed E-state index contributed by atoms with van der Waals surface area (Å²) >= 11 is 0. The van der Waals surface area contributed by atoms with E-state index < -0.39 is 0 Å². The van der Waals surface area contributed by atoms with Crippen molar-refractivity contribution >= 4 is 11.8 Å². The third kappa shape index (κ3) is 8.28. The Morgan fingerprint density at radius 3 is 2.82 bits per heavy atom. The van der Waals surface area contributed by atoms with Crippen LogP contribution in [0.3, 0.4) is 0 Å². The molecule has 1 saturated heterocycles. The summed E-state index contributed by atoms with van der Waals surface area (Å²) in [4.78, 5) is 36.8. The highest BCUT2D eigenvalue weighted by atomic mass is 16.5. The molecule has 2 amide bonds. The van der Waals surface area contributed by atoms with Gasteiger partial charge in [-0.2, -0.15) is 0 Å². The number of hydrogen-bond donors (Lipinski definition) is 1. The first-order chi connectivity index (χ1) is 13.7. The van der Waals surface area contributed by atoms with E-state index in [1.54, 1.807) is 4.90 Å². The van der Waals surface area contributed by atoms with Gasteiger partial charge in [0.25, 0.3) is 5.91 Å². The minimum absolute atomic E-state index is 0.0602. The lowest BCUT2D eigenvalue weighted by atomic mass is 10.3. The van der Waals surface area contributed by atoms with Crippen molar-refractivity contribution in [3.63, 3.8) is 0 Å². The van der Waals surface area contributed by atoms with Gasteiger partial charge in [0, 0.05) is 71.3 Å². The van der Waals surface area contributed by atoms with Crippen LogP contribution in [0.15, 0.2) is 18.6 Å². The molecule has 0 atom stereocenters. The normalized spacial score (nSPS) is 14.6. The molecule has 28 heavy (non-hydrogen) atoms. The SMILES string of the molecule is CCOCCCN(CCC(=O)NCCN1CCOCC1)C(=O)c1cnccn1. The number of aromatic nitrogens is 2. The van der Waals surface area contributed by atoms with Gasteiger partial charge in [-0.05, 0) is 13.3 Å². The lowest BCUT2D eigenvalue weighted by Crippen LogP contribution is -2.42. The molecule has 0 unspecified atom stereocenters. The average molecular weight is 393 g/mol. The minimum atomic E-state index is -0.217. The molecule has 2 heterocycles. The van der Waals surface area contributed by atoms with E-state index in [0.717, 1.165) is 32.8 Å². The van der Waals surface area contributed by atoms with Crippen molar-refractivity contribution in [3.8, 4) is 0 Å². The largest absolute Gasteiger partial charge is 0.382 e. The van der Waals surface area contributed by atoms with Crippen molar-refractivity contribution in [1.29, 1.82) is 0 Å². The van der Waals surface area contributed by atoms with Gasteiger partial charge in [0.2, 0.25) is 5.91 Å². The third-order valence-corrected chi connectivity index (χ3v) is 4.45. The number of nitrogens with zero attached hydrogens (tertiary/aromatic N) is 4. The molecule has 0 aromatic carbocycles. The second kappa shape index (κ2) is 13.1. The van der Waals surface area contributed by atoms with Crippen molar-refractivity contribution in [2.24, 2.45) is 0 Å². The average Bonchev–Trinajstić information content (AvgIpc) is 2.74. The number of hydrogen-bond acceptors (Lipinski definition) is 7. The van der Waals surface area contributed by atoms with Crippen LogP contribution < -0.4 is 5.32 Å². The van der Waals surface area contributed by atoms with Crippen LogP contribution in [0.5, 0.6) is 0 Å². The van der Waals surface area contributed by atoms with Crippen LogP contribution in [0.4, 0.5) is 0 Å². The number of rotatable bonds is 12. The molecular formula is C19H31N5O4. The predicted molar refractivity (Wildman–Crippen MR) is 104 cm³/mol. The molecule has 1 aliphatic rings. The van der Waals surface area contributed by atoms with Gasteiger partial charge in [-0.1, -0.05) is 0 Å². The highest BCUT2D eigenvalue weighted by Crippen LogP contribution is 2.03. The Labute approximate surface area is 166 Å². The Hall–Kier alpha value is -2.10. The van der Waals surface area contributed by atoms with Gasteiger partial charge < -0.3 is 19.7 Å². The zero-order valence-corrected chi connectivity index (χ0v) is 16.6. The molecule has 0 spiro atoms. The lowest BCUT2D eigenvalue weighted by Gasteiger charge is -2.26. The molecular weight excluding hydrogens is 362 g/mol. The van der Waals surface area contributed by atoms with E-state index in [2.05, 4.69) is 20.2 Å².